The largest absolute Gasteiger partial charge is 0.369 e. The molecule has 0 saturated carbocycles. The standard InChI is InChI=1S/C16H21ClN4/c1-11-13(17)20-15(16(2,3)4)21-14(11)19-10-8-12-7-5-6-9-18-12/h5-7,9H,8,10H2,1-4H3,(H,19,20,21). The first-order valence-electron chi connectivity index (χ1n) is 7.06. The van der Waals surface area contributed by atoms with Gasteiger partial charge in [0.1, 0.15) is 16.8 Å². The number of rotatable bonds is 4. The van der Waals surface area contributed by atoms with Crippen LogP contribution >= 0.6 is 11.6 Å². The number of aromatic nitrogens is 3. The highest BCUT2D eigenvalue weighted by atomic mass is 35.5. The first-order valence-corrected chi connectivity index (χ1v) is 7.44. The highest BCUT2D eigenvalue weighted by molar-refractivity contribution is 6.30. The van der Waals surface area contributed by atoms with E-state index in [4.69, 9.17) is 11.6 Å². The van der Waals surface area contributed by atoms with Crippen LogP contribution in [0.4, 0.5) is 5.82 Å². The van der Waals surface area contributed by atoms with E-state index in [-0.39, 0.29) is 5.41 Å². The summed E-state index contributed by atoms with van der Waals surface area (Å²) in [5.74, 6) is 1.55. The van der Waals surface area contributed by atoms with Gasteiger partial charge in [0.15, 0.2) is 0 Å². The van der Waals surface area contributed by atoms with E-state index in [0.29, 0.717) is 5.15 Å². The van der Waals surface area contributed by atoms with E-state index in [1.54, 1.807) is 6.20 Å². The molecule has 0 saturated heterocycles. The molecule has 2 aromatic rings. The summed E-state index contributed by atoms with van der Waals surface area (Å²) in [7, 11) is 0. The van der Waals surface area contributed by atoms with Crippen LogP contribution in [0.3, 0.4) is 0 Å². The molecule has 1 N–H and O–H groups in total. The SMILES string of the molecule is Cc1c(Cl)nc(C(C)(C)C)nc1NCCc1ccccn1. The molecule has 2 rings (SSSR count). The van der Waals surface area contributed by atoms with Gasteiger partial charge in [-0.05, 0) is 19.1 Å². The molecule has 2 heterocycles. The topological polar surface area (TPSA) is 50.7 Å². The number of hydrogen-bond donors (Lipinski definition) is 1. The summed E-state index contributed by atoms with van der Waals surface area (Å²) < 4.78 is 0. The van der Waals surface area contributed by atoms with Gasteiger partial charge in [-0.3, -0.25) is 4.98 Å². The van der Waals surface area contributed by atoms with Crippen LogP contribution in [-0.2, 0) is 11.8 Å². The van der Waals surface area contributed by atoms with E-state index in [2.05, 4.69) is 41.0 Å². The van der Waals surface area contributed by atoms with Crippen LogP contribution in [0.25, 0.3) is 0 Å². The van der Waals surface area contributed by atoms with Crippen molar-refractivity contribution in [3.63, 3.8) is 0 Å². The van der Waals surface area contributed by atoms with Crippen molar-refractivity contribution in [2.24, 2.45) is 0 Å². The molecule has 0 amide bonds. The number of hydrogen-bond acceptors (Lipinski definition) is 4. The second-order valence-corrected chi connectivity index (χ2v) is 6.42. The second-order valence-electron chi connectivity index (χ2n) is 6.06. The van der Waals surface area contributed by atoms with Gasteiger partial charge in [-0.2, -0.15) is 0 Å². The number of nitrogens with one attached hydrogen (secondary N) is 1. The van der Waals surface area contributed by atoms with E-state index >= 15 is 0 Å². The van der Waals surface area contributed by atoms with Gasteiger partial charge in [0.25, 0.3) is 0 Å². The Balaban J connectivity index is 2.11. The lowest BCUT2D eigenvalue weighted by atomic mass is 9.95. The van der Waals surface area contributed by atoms with Crippen molar-refractivity contribution in [2.75, 3.05) is 11.9 Å². The van der Waals surface area contributed by atoms with Crippen LogP contribution in [0.2, 0.25) is 5.15 Å². The lowest BCUT2D eigenvalue weighted by molar-refractivity contribution is 0.545. The third kappa shape index (κ3) is 4.14. The zero-order chi connectivity index (χ0) is 15.5. The Morgan fingerprint density at radius 3 is 2.57 bits per heavy atom. The van der Waals surface area contributed by atoms with Gasteiger partial charge in [-0.25, -0.2) is 9.97 Å². The summed E-state index contributed by atoms with van der Waals surface area (Å²) in [5.41, 5.74) is 1.80. The molecule has 0 spiro atoms. The van der Waals surface area contributed by atoms with Crippen LogP contribution in [0.1, 0.15) is 37.9 Å². The van der Waals surface area contributed by atoms with E-state index in [0.717, 1.165) is 35.9 Å². The molecule has 21 heavy (non-hydrogen) atoms. The maximum absolute atomic E-state index is 6.22. The normalized spacial score (nSPS) is 11.5. The fourth-order valence-corrected chi connectivity index (χ4v) is 2.02. The number of nitrogens with zero attached hydrogens (tertiary/aromatic N) is 3. The molecule has 0 aliphatic heterocycles. The molecular formula is C16H21ClN4. The second kappa shape index (κ2) is 6.39. The van der Waals surface area contributed by atoms with E-state index in [9.17, 15) is 0 Å². The smallest absolute Gasteiger partial charge is 0.137 e. The van der Waals surface area contributed by atoms with Gasteiger partial charge in [0.2, 0.25) is 0 Å². The Hall–Kier alpha value is -1.68. The molecule has 0 bridgehead atoms. The Labute approximate surface area is 131 Å². The van der Waals surface area contributed by atoms with Crippen LogP contribution in [0.15, 0.2) is 24.4 Å². The van der Waals surface area contributed by atoms with Crippen LogP contribution in [-0.4, -0.2) is 21.5 Å². The first-order chi connectivity index (χ1) is 9.88. The Morgan fingerprint density at radius 1 is 1.19 bits per heavy atom. The van der Waals surface area contributed by atoms with Gasteiger partial charge in [0, 0.05) is 35.8 Å². The first kappa shape index (κ1) is 15.7. The average molecular weight is 305 g/mol. The monoisotopic (exact) mass is 304 g/mol. The van der Waals surface area contributed by atoms with Crippen molar-refractivity contribution in [3.05, 3.63) is 46.6 Å². The quantitative estimate of drug-likeness (QED) is 0.873. The molecule has 4 nitrogen and oxygen atoms in total. The summed E-state index contributed by atoms with van der Waals surface area (Å²) in [6.45, 7) is 8.91. The van der Waals surface area contributed by atoms with Crippen molar-refractivity contribution >= 4 is 17.4 Å². The zero-order valence-corrected chi connectivity index (χ0v) is 13.7. The number of anilines is 1. The van der Waals surface area contributed by atoms with E-state index < -0.39 is 0 Å². The van der Waals surface area contributed by atoms with Crippen molar-refractivity contribution in [1.82, 2.24) is 15.0 Å². The van der Waals surface area contributed by atoms with Crippen molar-refractivity contribution in [2.45, 2.75) is 39.5 Å². The Morgan fingerprint density at radius 2 is 1.95 bits per heavy atom. The van der Waals surface area contributed by atoms with Gasteiger partial charge >= 0.3 is 0 Å². The molecule has 0 atom stereocenters. The fourth-order valence-electron chi connectivity index (χ4n) is 1.85. The van der Waals surface area contributed by atoms with Gasteiger partial charge in [0.05, 0.1) is 0 Å². The van der Waals surface area contributed by atoms with Crippen molar-refractivity contribution in [1.29, 1.82) is 0 Å². The Kier molecular flexibility index (Phi) is 4.78. The lowest BCUT2D eigenvalue weighted by Crippen LogP contribution is -2.19. The minimum absolute atomic E-state index is 0.130. The van der Waals surface area contributed by atoms with Gasteiger partial charge < -0.3 is 5.32 Å². The Bertz CT molecular complexity index is 606. The third-order valence-corrected chi connectivity index (χ3v) is 3.52. The molecule has 0 aromatic carbocycles. The molecule has 0 unspecified atom stereocenters. The molecule has 0 radical (unpaired) electrons. The minimum Gasteiger partial charge on any atom is -0.369 e. The highest BCUT2D eigenvalue weighted by Gasteiger charge is 2.20. The predicted molar refractivity (Wildman–Crippen MR) is 86.9 cm³/mol. The lowest BCUT2D eigenvalue weighted by Gasteiger charge is -2.19. The summed E-state index contributed by atoms with van der Waals surface area (Å²) in [5, 5.41) is 3.85. The molecule has 0 aliphatic rings. The molecule has 0 aliphatic carbocycles. The molecule has 2 aromatic heterocycles. The highest BCUT2D eigenvalue weighted by Crippen LogP contribution is 2.25. The predicted octanol–water partition coefficient (Wildman–Crippen LogP) is 3.79. The van der Waals surface area contributed by atoms with Crippen LogP contribution < -0.4 is 5.32 Å². The molecule has 112 valence electrons. The van der Waals surface area contributed by atoms with Crippen molar-refractivity contribution in [3.8, 4) is 0 Å². The van der Waals surface area contributed by atoms with Crippen molar-refractivity contribution < 1.29 is 0 Å². The van der Waals surface area contributed by atoms with Gasteiger partial charge in [-0.15, -0.1) is 0 Å². The van der Waals surface area contributed by atoms with Gasteiger partial charge in [-0.1, -0.05) is 38.4 Å². The fraction of sp³-hybridized carbons (Fsp3) is 0.438. The third-order valence-electron chi connectivity index (χ3n) is 3.16. The van der Waals surface area contributed by atoms with E-state index in [1.165, 1.54) is 0 Å². The summed E-state index contributed by atoms with van der Waals surface area (Å²) in [6.07, 6.45) is 2.65. The molecular weight excluding hydrogens is 284 g/mol. The molecule has 5 heteroatoms. The van der Waals surface area contributed by atoms with E-state index in [1.807, 2.05) is 25.1 Å². The summed E-state index contributed by atoms with van der Waals surface area (Å²) in [6, 6.07) is 5.93. The minimum atomic E-state index is -0.130. The zero-order valence-electron chi connectivity index (χ0n) is 12.9. The average Bonchev–Trinajstić information content (AvgIpc) is 2.43. The summed E-state index contributed by atoms with van der Waals surface area (Å²) in [4.78, 5) is 13.3. The van der Waals surface area contributed by atoms with Crippen LogP contribution in [0, 0.1) is 6.92 Å². The summed E-state index contributed by atoms with van der Waals surface area (Å²) >= 11 is 6.22. The van der Waals surface area contributed by atoms with Crippen LogP contribution in [0.5, 0.6) is 0 Å². The maximum atomic E-state index is 6.22. The number of halogens is 1. The maximum Gasteiger partial charge on any atom is 0.137 e. The molecule has 0 fully saturated rings. The number of pyridine rings is 1.